The van der Waals surface area contributed by atoms with Gasteiger partial charge in [0.15, 0.2) is 11.7 Å². The molecule has 0 aromatic heterocycles. The van der Waals surface area contributed by atoms with E-state index in [-0.39, 0.29) is 11.7 Å². The number of carbonyl (C=O) groups is 1. The highest BCUT2D eigenvalue weighted by atomic mass is 32.1. The quantitative estimate of drug-likeness (QED) is 0.631. The van der Waals surface area contributed by atoms with Crippen LogP contribution in [-0.4, -0.2) is 55.7 Å². The fourth-order valence-electron chi connectivity index (χ4n) is 2.41. The molecule has 0 saturated carbocycles. The van der Waals surface area contributed by atoms with Crippen LogP contribution < -0.4 is 15.5 Å². The second-order valence-electron chi connectivity index (χ2n) is 5.37. The Morgan fingerprint density at radius 2 is 1.95 bits per heavy atom. The number of hydrogen-bond donors (Lipinski definition) is 3. The summed E-state index contributed by atoms with van der Waals surface area (Å²) in [7, 11) is 1.66. The van der Waals surface area contributed by atoms with Gasteiger partial charge in [0.05, 0.1) is 26.2 Å². The van der Waals surface area contributed by atoms with E-state index in [2.05, 4.69) is 15.5 Å². The van der Waals surface area contributed by atoms with Crippen molar-refractivity contribution in [2.45, 2.75) is 6.54 Å². The van der Waals surface area contributed by atoms with Gasteiger partial charge in [-0.15, -0.1) is 0 Å². The van der Waals surface area contributed by atoms with E-state index in [1.807, 2.05) is 0 Å². The SMILES string of the molecule is CNC(=O)C[NH+]1CCN(C(=S)NCc2ccc(F)cc2)CC1. The number of rotatable bonds is 4. The zero-order valence-corrected chi connectivity index (χ0v) is 13.5. The summed E-state index contributed by atoms with van der Waals surface area (Å²) in [6.07, 6.45) is 0. The number of nitrogens with one attached hydrogen (secondary N) is 3. The van der Waals surface area contributed by atoms with Gasteiger partial charge in [-0.3, -0.25) is 4.79 Å². The molecule has 1 aromatic rings. The van der Waals surface area contributed by atoms with E-state index in [9.17, 15) is 9.18 Å². The highest BCUT2D eigenvalue weighted by molar-refractivity contribution is 7.80. The van der Waals surface area contributed by atoms with E-state index in [0.717, 1.165) is 31.7 Å². The lowest BCUT2D eigenvalue weighted by Gasteiger charge is -2.33. The van der Waals surface area contributed by atoms with Crippen molar-refractivity contribution in [2.24, 2.45) is 0 Å². The molecule has 22 heavy (non-hydrogen) atoms. The predicted molar refractivity (Wildman–Crippen MR) is 87.0 cm³/mol. The van der Waals surface area contributed by atoms with Crippen LogP contribution in [0.4, 0.5) is 4.39 Å². The average molecular weight is 325 g/mol. The highest BCUT2D eigenvalue weighted by Crippen LogP contribution is 2.02. The third-order valence-electron chi connectivity index (χ3n) is 3.80. The lowest BCUT2D eigenvalue weighted by atomic mass is 10.2. The zero-order chi connectivity index (χ0) is 15.9. The van der Waals surface area contributed by atoms with E-state index in [1.165, 1.54) is 17.0 Å². The number of piperazine rings is 1. The van der Waals surface area contributed by atoms with Crippen LogP contribution in [0.1, 0.15) is 5.56 Å². The molecule has 120 valence electrons. The van der Waals surface area contributed by atoms with Crippen molar-refractivity contribution in [3.8, 4) is 0 Å². The molecule has 0 atom stereocenters. The largest absolute Gasteiger partial charge is 0.358 e. The smallest absolute Gasteiger partial charge is 0.274 e. The molecule has 5 nitrogen and oxygen atoms in total. The molecule has 1 amide bonds. The van der Waals surface area contributed by atoms with Gasteiger partial charge in [0.2, 0.25) is 0 Å². The molecule has 0 radical (unpaired) electrons. The molecule has 0 bridgehead atoms. The van der Waals surface area contributed by atoms with Crippen LogP contribution >= 0.6 is 12.2 Å². The van der Waals surface area contributed by atoms with Crippen molar-refractivity contribution >= 4 is 23.2 Å². The van der Waals surface area contributed by atoms with Crippen LogP contribution in [0.5, 0.6) is 0 Å². The van der Waals surface area contributed by atoms with Gasteiger partial charge in [-0.1, -0.05) is 12.1 Å². The lowest BCUT2D eigenvalue weighted by molar-refractivity contribution is -0.895. The molecule has 3 N–H and O–H groups in total. The predicted octanol–water partition coefficient (Wildman–Crippen LogP) is -0.853. The minimum absolute atomic E-state index is 0.0699. The number of hydrogen-bond acceptors (Lipinski definition) is 2. The Kier molecular flexibility index (Phi) is 6.09. The first-order chi connectivity index (χ1) is 10.6. The van der Waals surface area contributed by atoms with Crippen molar-refractivity contribution in [3.05, 3.63) is 35.6 Å². The van der Waals surface area contributed by atoms with Gasteiger partial charge in [-0.2, -0.15) is 0 Å². The van der Waals surface area contributed by atoms with Gasteiger partial charge in [-0.25, -0.2) is 4.39 Å². The fraction of sp³-hybridized carbons (Fsp3) is 0.467. The maximum Gasteiger partial charge on any atom is 0.274 e. The van der Waals surface area contributed by atoms with E-state index < -0.39 is 0 Å². The Labute approximate surface area is 135 Å². The first-order valence-corrected chi connectivity index (χ1v) is 7.80. The second kappa shape index (κ2) is 8.05. The molecule has 0 aliphatic carbocycles. The van der Waals surface area contributed by atoms with Gasteiger partial charge in [0, 0.05) is 13.6 Å². The number of likely N-dealkylation sites (N-methyl/N-ethyl adjacent to an activating group) is 1. The summed E-state index contributed by atoms with van der Waals surface area (Å²) in [5, 5.41) is 6.56. The number of carbonyl (C=O) groups excluding carboxylic acids is 1. The molecule has 1 aliphatic heterocycles. The van der Waals surface area contributed by atoms with Crippen LogP contribution in [0.2, 0.25) is 0 Å². The fourth-order valence-corrected chi connectivity index (χ4v) is 2.66. The van der Waals surface area contributed by atoms with Crippen molar-refractivity contribution in [2.75, 3.05) is 39.8 Å². The van der Waals surface area contributed by atoms with Crippen molar-refractivity contribution < 1.29 is 14.1 Å². The van der Waals surface area contributed by atoms with Crippen molar-refractivity contribution in [1.82, 2.24) is 15.5 Å². The molecule has 2 rings (SSSR count). The summed E-state index contributed by atoms with van der Waals surface area (Å²) in [6.45, 7) is 4.56. The molecule has 1 heterocycles. The summed E-state index contributed by atoms with van der Waals surface area (Å²) in [6, 6.07) is 6.38. The van der Waals surface area contributed by atoms with Gasteiger partial charge in [-0.05, 0) is 29.9 Å². The highest BCUT2D eigenvalue weighted by Gasteiger charge is 2.22. The number of thiocarbonyl (C=S) groups is 1. The van der Waals surface area contributed by atoms with Crippen molar-refractivity contribution in [3.63, 3.8) is 0 Å². The Morgan fingerprint density at radius 1 is 1.32 bits per heavy atom. The summed E-state index contributed by atoms with van der Waals surface area (Å²) < 4.78 is 12.8. The maximum atomic E-state index is 12.8. The monoisotopic (exact) mass is 325 g/mol. The molecule has 1 saturated heterocycles. The Hall–Kier alpha value is -1.73. The zero-order valence-electron chi connectivity index (χ0n) is 12.7. The number of amides is 1. The summed E-state index contributed by atoms with van der Waals surface area (Å²) in [5.74, 6) is -0.165. The number of benzene rings is 1. The van der Waals surface area contributed by atoms with E-state index >= 15 is 0 Å². The van der Waals surface area contributed by atoms with Crippen LogP contribution in [0.15, 0.2) is 24.3 Å². The Balaban J connectivity index is 1.73. The second-order valence-corrected chi connectivity index (χ2v) is 5.76. The number of nitrogens with zero attached hydrogens (tertiary/aromatic N) is 1. The average Bonchev–Trinajstić information content (AvgIpc) is 2.54. The Morgan fingerprint density at radius 3 is 2.55 bits per heavy atom. The maximum absolute atomic E-state index is 12.8. The van der Waals surface area contributed by atoms with Crippen molar-refractivity contribution in [1.29, 1.82) is 0 Å². The first kappa shape index (κ1) is 16.6. The lowest BCUT2D eigenvalue weighted by Crippen LogP contribution is -3.15. The summed E-state index contributed by atoms with van der Waals surface area (Å²) in [5.41, 5.74) is 0.993. The molecule has 0 unspecified atom stereocenters. The molecule has 1 aromatic carbocycles. The summed E-state index contributed by atoms with van der Waals surface area (Å²) >= 11 is 5.40. The molecule has 1 aliphatic rings. The third kappa shape index (κ3) is 4.92. The normalized spacial score (nSPS) is 15.5. The van der Waals surface area contributed by atoms with Crippen LogP contribution in [0, 0.1) is 5.82 Å². The number of quaternary nitrogens is 1. The van der Waals surface area contributed by atoms with E-state index in [4.69, 9.17) is 12.2 Å². The van der Waals surface area contributed by atoms with Crippen LogP contribution in [0.3, 0.4) is 0 Å². The molecule has 0 spiro atoms. The topological polar surface area (TPSA) is 48.8 Å². The standard InChI is InChI=1S/C15H21FN4OS/c1-17-14(21)11-19-6-8-20(9-7-19)15(22)18-10-12-2-4-13(16)5-3-12/h2-5H,6-11H2,1H3,(H,17,21)(H,18,22)/p+1. The molecular formula is C15H22FN4OS+. The van der Waals surface area contributed by atoms with Gasteiger partial charge in [0.1, 0.15) is 5.82 Å². The van der Waals surface area contributed by atoms with Crippen LogP contribution in [-0.2, 0) is 11.3 Å². The van der Waals surface area contributed by atoms with Gasteiger partial charge < -0.3 is 20.4 Å². The molecular weight excluding hydrogens is 303 g/mol. The Bertz CT molecular complexity index is 515. The minimum Gasteiger partial charge on any atom is -0.358 e. The van der Waals surface area contributed by atoms with Gasteiger partial charge in [0.25, 0.3) is 5.91 Å². The summed E-state index contributed by atoms with van der Waals surface area (Å²) in [4.78, 5) is 14.8. The first-order valence-electron chi connectivity index (χ1n) is 7.40. The molecule has 7 heteroatoms. The van der Waals surface area contributed by atoms with E-state index in [1.54, 1.807) is 19.2 Å². The number of halogens is 1. The minimum atomic E-state index is -0.235. The third-order valence-corrected chi connectivity index (χ3v) is 4.21. The van der Waals surface area contributed by atoms with Crippen LogP contribution in [0.25, 0.3) is 0 Å². The van der Waals surface area contributed by atoms with Gasteiger partial charge >= 0.3 is 0 Å². The molecule has 1 fully saturated rings. The van der Waals surface area contributed by atoms with E-state index in [0.29, 0.717) is 18.2 Å².